The van der Waals surface area contributed by atoms with Crippen LogP contribution in [0.2, 0.25) is 0 Å². The number of carbonyl (C=O) groups is 1. The van der Waals surface area contributed by atoms with Crippen LogP contribution in [0.1, 0.15) is 23.2 Å². The van der Waals surface area contributed by atoms with Gasteiger partial charge in [-0.25, -0.2) is 0 Å². The molecule has 3 nitrogen and oxygen atoms in total. The maximum Gasteiger partial charge on any atom is 0.255 e. The first-order valence-electron chi connectivity index (χ1n) is 6.86. The van der Waals surface area contributed by atoms with Crippen LogP contribution in [-0.2, 0) is 0 Å². The molecule has 3 aliphatic rings. The van der Waals surface area contributed by atoms with Crippen LogP contribution in [0.25, 0.3) is 0 Å². The summed E-state index contributed by atoms with van der Waals surface area (Å²) in [7, 11) is 0. The third-order valence-corrected chi connectivity index (χ3v) is 5.73. The van der Waals surface area contributed by atoms with Crippen LogP contribution in [0.15, 0.2) is 33.2 Å². The Balaban J connectivity index is 1.67. The first-order valence-corrected chi connectivity index (χ1v) is 8.45. The largest absolute Gasteiger partial charge is 0.363 e. The highest BCUT2D eigenvalue weighted by Crippen LogP contribution is 2.46. The molecule has 1 fully saturated rings. The number of hydrogen-bond acceptors (Lipinski definition) is 2. The highest BCUT2D eigenvalue weighted by atomic mass is 79.9. The number of fused-ring (bicyclic) bond motifs is 3. The van der Waals surface area contributed by atoms with Gasteiger partial charge in [0.1, 0.15) is 6.17 Å². The lowest BCUT2D eigenvalue weighted by Gasteiger charge is -2.35. The first-order chi connectivity index (χ1) is 9.61. The van der Waals surface area contributed by atoms with Crippen molar-refractivity contribution >= 4 is 43.5 Å². The molecule has 2 aliphatic carbocycles. The van der Waals surface area contributed by atoms with Crippen molar-refractivity contribution < 1.29 is 4.79 Å². The lowest BCUT2D eigenvalue weighted by Crippen LogP contribution is -2.50. The molecule has 2 N–H and O–H groups in total. The molecule has 1 amide bonds. The summed E-state index contributed by atoms with van der Waals surface area (Å²) in [5.74, 6) is 1.82. The minimum Gasteiger partial charge on any atom is -0.363 e. The minimum atomic E-state index is 0.0116. The molecule has 1 heterocycles. The van der Waals surface area contributed by atoms with Crippen molar-refractivity contribution in [2.45, 2.75) is 19.0 Å². The SMILES string of the molecule is O=C1NC(C2CC3C=CC2C3)Nc2c(Br)cc(Br)cc21. The van der Waals surface area contributed by atoms with Crippen LogP contribution in [0.3, 0.4) is 0 Å². The van der Waals surface area contributed by atoms with Crippen LogP contribution in [0.5, 0.6) is 0 Å². The zero-order valence-corrected chi connectivity index (χ0v) is 13.9. The average Bonchev–Trinajstić information content (AvgIpc) is 3.02. The monoisotopic (exact) mass is 396 g/mol. The molecule has 4 unspecified atom stereocenters. The number of halogens is 2. The van der Waals surface area contributed by atoms with Crippen LogP contribution in [0.4, 0.5) is 5.69 Å². The number of carbonyl (C=O) groups excluding carboxylic acids is 1. The highest BCUT2D eigenvalue weighted by molar-refractivity contribution is 9.11. The van der Waals surface area contributed by atoms with E-state index in [0.29, 0.717) is 23.3 Å². The third kappa shape index (κ3) is 1.94. The Bertz CT molecular complexity index is 629. The Morgan fingerprint density at radius 2 is 1.95 bits per heavy atom. The third-order valence-electron chi connectivity index (χ3n) is 4.64. The second-order valence-electron chi connectivity index (χ2n) is 5.85. The van der Waals surface area contributed by atoms with Crippen molar-refractivity contribution in [2.24, 2.45) is 17.8 Å². The smallest absolute Gasteiger partial charge is 0.255 e. The fourth-order valence-corrected chi connectivity index (χ4v) is 5.07. The predicted molar refractivity (Wildman–Crippen MR) is 85.6 cm³/mol. The van der Waals surface area contributed by atoms with Crippen LogP contribution < -0.4 is 10.6 Å². The van der Waals surface area contributed by atoms with E-state index in [4.69, 9.17) is 0 Å². The maximum absolute atomic E-state index is 12.4. The Hall–Kier alpha value is -0.810. The molecular weight excluding hydrogens is 384 g/mol. The molecule has 104 valence electrons. The van der Waals surface area contributed by atoms with Gasteiger partial charge in [-0.05, 0) is 52.7 Å². The lowest BCUT2D eigenvalue weighted by molar-refractivity contribution is 0.0917. The molecule has 4 atom stereocenters. The quantitative estimate of drug-likeness (QED) is 0.705. The molecule has 1 aromatic carbocycles. The summed E-state index contributed by atoms with van der Waals surface area (Å²) >= 11 is 6.98. The van der Waals surface area contributed by atoms with Crippen molar-refractivity contribution in [3.05, 3.63) is 38.8 Å². The Morgan fingerprint density at radius 1 is 1.10 bits per heavy atom. The molecule has 0 spiro atoms. The van der Waals surface area contributed by atoms with Gasteiger partial charge in [-0.15, -0.1) is 0 Å². The van der Waals surface area contributed by atoms with Crippen LogP contribution >= 0.6 is 31.9 Å². The topological polar surface area (TPSA) is 41.1 Å². The molecule has 1 saturated carbocycles. The number of nitrogens with one attached hydrogen (secondary N) is 2. The average molecular weight is 398 g/mol. The van der Waals surface area contributed by atoms with Gasteiger partial charge in [-0.2, -0.15) is 0 Å². The van der Waals surface area contributed by atoms with Crippen molar-refractivity contribution in [1.82, 2.24) is 5.32 Å². The number of anilines is 1. The second-order valence-corrected chi connectivity index (χ2v) is 7.62. The summed E-state index contributed by atoms with van der Waals surface area (Å²) in [5, 5.41) is 6.64. The van der Waals surface area contributed by atoms with Crippen molar-refractivity contribution in [1.29, 1.82) is 0 Å². The zero-order valence-electron chi connectivity index (χ0n) is 10.7. The summed E-state index contributed by atoms with van der Waals surface area (Å²) in [6, 6.07) is 3.83. The fraction of sp³-hybridized carbons (Fsp3) is 0.400. The van der Waals surface area contributed by atoms with Gasteiger partial charge in [0.15, 0.2) is 0 Å². The standard InChI is InChI=1S/C15H14Br2N2O/c16-9-5-11-13(12(17)6-9)18-14(19-15(11)20)10-4-7-1-2-8(10)3-7/h1-2,5-8,10,14,18H,3-4H2,(H,19,20). The molecule has 0 aromatic heterocycles. The normalized spacial score (nSPS) is 33.8. The van der Waals surface area contributed by atoms with E-state index in [0.717, 1.165) is 14.6 Å². The maximum atomic E-state index is 12.4. The van der Waals surface area contributed by atoms with E-state index in [9.17, 15) is 4.79 Å². The number of hydrogen-bond donors (Lipinski definition) is 2. The van der Waals surface area contributed by atoms with E-state index in [1.165, 1.54) is 12.8 Å². The lowest BCUT2D eigenvalue weighted by atomic mass is 9.89. The van der Waals surface area contributed by atoms with Gasteiger partial charge in [0.2, 0.25) is 0 Å². The van der Waals surface area contributed by atoms with Gasteiger partial charge in [0.25, 0.3) is 5.91 Å². The molecule has 4 rings (SSSR count). The molecule has 0 saturated heterocycles. The number of rotatable bonds is 1. The summed E-state index contributed by atoms with van der Waals surface area (Å²) < 4.78 is 1.84. The molecule has 1 aromatic rings. The van der Waals surface area contributed by atoms with E-state index < -0.39 is 0 Å². The van der Waals surface area contributed by atoms with Gasteiger partial charge in [0.05, 0.1) is 11.3 Å². The molecule has 2 bridgehead atoms. The van der Waals surface area contributed by atoms with Gasteiger partial charge in [-0.3, -0.25) is 4.79 Å². The number of amides is 1. The summed E-state index contributed by atoms with van der Waals surface area (Å²) in [4.78, 5) is 12.4. The number of allylic oxidation sites excluding steroid dienone is 2. The van der Waals surface area contributed by atoms with Crippen molar-refractivity contribution in [3.63, 3.8) is 0 Å². The molecule has 0 radical (unpaired) electrons. The Kier molecular flexibility index (Phi) is 2.96. The van der Waals surface area contributed by atoms with Crippen LogP contribution in [-0.4, -0.2) is 12.1 Å². The van der Waals surface area contributed by atoms with E-state index in [2.05, 4.69) is 54.6 Å². The first kappa shape index (κ1) is 12.9. The van der Waals surface area contributed by atoms with E-state index >= 15 is 0 Å². The highest BCUT2D eigenvalue weighted by Gasteiger charge is 2.42. The van der Waals surface area contributed by atoms with Crippen molar-refractivity contribution in [3.8, 4) is 0 Å². The zero-order chi connectivity index (χ0) is 13.9. The predicted octanol–water partition coefficient (Wildman–Crippen LogP) is 3.91. The van der Waals surface area contributed by atoms with Crippen LogP contribution in [0, 0.1) is 17.8 Å². The van der Waals surface area contributed by atoms with E-state index in [1.807, 2.05) is 12.1 Å². The van der Waals surface area contributed by atoms with Gasteiger partial charge in [0, 0.05) is 14.9 Å². The molecule has 1 aliphatic heterocycles. The minimum absolute atomic E-state index is 0.0116. The number of benzene rings is 1. The summed E-state index contributed by atoms with van der Waals surface area (Å²) in [6.45, 7) is 0. The molecular formula is C15H14Br2N2O. The van der Waals surface area contributed by atoms with Gasteiger partial charge >= 0.3 is 0 Å². The van der Waals surface area contributed by atoms with Gasteiger partial charge in [-0.1, -0.05) is 28.1 Å². The Morgan fingerprint density at radius 3 is 2.65 bits per heavy atom. The summed E-state index contributed by atoms with van der Waals surface area (Å²) in [5.41, 5.74) is 1.61. The molecule has 5 heteroatoms. The summed E-state index contributed by atoms with van der Waals surface area (Å²) in [6.07, 6.45) is 7.09. The van der Waals surface area contributed by atoms with Crippen molar-refractivity contribution in [2.75, 3.05) is 5.32 Å². The molecule has 20 heavy (non-hydrogen) atoms. The van der Waals surface area contributed by atoms with Gasteiger partial charge < -0.3 is 10.6 Å². The van der Waals surface area contributed by atoms with E-state index in [1.54, 1.807) is 0 Å². The Labute approximate surface area is 134 Å². The van der Waals surface area contributed by atoms with E-state index in [-0.39, 0.29) is 12.1 Å². The second kappa shape index (κ2) is 4.60. The fourth-order valence-electron chi connectivity index (χ4n) is 3.73.